The molecule has 0 aliphatic heterocycles. The van der Waals surface area contributed by atoms with E-state index in [9.17, 15) is 15.2 Å². The van der Waals surface area contributed by atoms with Crippen LogP contribution in [0.5, 0.6) is 5.75 Å². The Hall–Kier alpha value is -3.71. The van der Waals surface area contributed by atoms with Crippen LogP contribution in [0, 0.1) is 24.0 Å². The number of aromatic hydroxyl groups is 1. The number of halogens is 1. The van der Waals surface area contributed by atoms with Crippen LogP contribution < -0.4 is 5.32 Å². The number of phenolic OH excluding ortho intramolecular Hbond substituents is 1. The van der Waals surface area contributed by atoms with Crippen LogP contribution in [0.4, 0.5) is 11.5 Å². The highest BCUT2D eigenvalue weighted by atomic mass is 35.5. The van der Waals surface area contributed by atoms with Crippen molar-refractivity contribution < 1.29 is 10.0 Å². The molecule has 8 heteroatoms. The Morgan fingerprint density at radius 3 is 2.61 bits per heavy atom. The summed E-state index contributed by atoms with van der Waals surface area (Å²) in [7, 11) is 0. The Kier molecular flexibility index (Phi) is 5.44. The fourth-order valence-corrected chi connectivity index (χ4v) is 3.66. The summed E-state index contributed by atoms with van der Waals surface area (Å²) in [4.78, 5) is 19.7. The van der Waals surface area contributed by atoms with Gasteiger partial charge < -0.3 is 10.4 Å². The summed E-state index contributed by atoms with van der Waals surface area (Å²) >= 11 is 6.02. The predicted molar refractivity (Wildman–Crippen MR) is 121 cm³/mol. The fraction of sp³-hybridized carbons (Fsp3) is 0.130. The molecule has 0 aliphatic rings. The molecule has 0 amide bonds. The molecule has 7 nitrogen and oxygen atoms in total. The third kappa shape index (κ3) is 4.13. The minimum Gasteiger partial charge on any atom is -0.505 e. The van der Waals surface area contributed by atoms with Crippen LogP contribution in [0.3, 0.4) is 0 Å². The van der Waals surface area contributed by atoms with Crippen molar-refractivity contribution in [2.24, 2.45) is 0 Å². The predicted octanol–water partition coefficient (Wildman–Crippen LogP) is 5.72. The van der Waals surface area contributed by atoms with Gasteiger partial charge in [-0.25, -0.2) is 9.97 Å². The summed E-state index contributed by atoms with van der Waals surface area (Å²) in [5.74, 6) is 0.572. The molecular formula is C23H19ClN4O3. The Bertz CT molecular complexity index is 1310. The lowest BCUT2D eigenvalue weighted by Crippen LogP contribution is -2.14. The molecule has 0 aliphatic carbocycles. The van der Waals surface area contributed by atoms with E-state index in [-0.39, 0.29) is 16.5 Å². The molecule has 0 spiro atoms. The molecule has 0 unspecified atom stereocenters. The zero-order valence-corrected chi connectivity index (χ0v) is 17.6. The molecule has 0 fully saturated rings. The van der Waals surface area contributed by atoms with Gasteiger partial charge in [-0.15, -0.1) is 0 Å². The summed E-state index contributed by atoms with van der Waals surface area (Å²) in [5, 5.41) is 26.7. The first-order chi connectivity index (χ1) is 14.8. The molecule has 2 heterocycles. The van der Waals surface area contributed by atoms with E-state index in [2.05, 4.69) is 15.3 Å². The summed E-state index contributed by atoms with van der Waals surface area (Å²) in [6, 6.07) is 15.1. The van der Waals surface area contributed by atoms with Gasteiger partial charge in [0.25, 0.3) is 5.69 Å². The number of pyridine rings is 2. The number of aromatic nitrogens is 2. The van der Waals surface area contributed by atoms with Crippen molar-refractivity contribution in [3.63, 3.8) is 0 Å². The maximum atomic E-state index is 11.4. The van der Waals surface area contributed by atoms with Crippen molar-refractivity contribution in [3.8, 4) is 5.75 Å². The van der Waals surface area contributed by atoms with Crippen LogP contribution in [0.15, 0.2) is 60.8 Å². The van der Waals surface area contributed by atoms with Crippen LogP contribution in [0.25, 0.3) is 10.9 Å². The van der Waals surface area contributed by atoms with Gasteiger partial charge in [-0.1, -0.05) is 35.9 Å². The number of rotatable bonds is 5. The highest BCUT2D eigenvalue weighted by molar-refractivity contribution is 6.32. The number of fused-ring (bicyclic) bond motifs is 1. The average Bonchev–Trinajstić information content (AvgIpc) is 2.73. The zero-order valence-electron chi connectivity index (χ0n) is 16.8. The van der Waals surface area contributed by atoms with E-state index < -0.39 is 11.0 Å². The van der Waals surface area contributed by atoms with E-state index in [0.29, 0.717) is 22.5 Å². The van der Waals surface area contributed by atoms with E-state index in [1.54, 1.807) is 18.3 Å². The SMILES string of the molecule is Cc1ccnc(N[C@@H](c2ccc(Cl)c([N+](=O)[O-])c2)c2ccc3ccc(C)nc3c2O)c1. The maximum absolute atomic E-state index is 11.4. The van der Waals surface area contributed by atoms with E-state index in [4.69, 9.17) is 11.6 Å². The minimum absolute atomic E-state index is 0.00366. The fourth-order valence-electron chi connectivity index (χ4n) is 3.47. The van der Waals surface area contributed by atoms with Crippen molar-refractivity contribution in [2.45, 2.75) is 19.9 Å². The molecule has 156 valence electrons. The molecule has 4 aromatic rings. The van der Waals surface area contributed by atoms with Gasteiger partial charge in [-0.2, -0.15) is 0 Å². The van der Waals surface area contributed by atoms with Crippen LogP contribution in [0.1, 0.15) is 28.4 Å². The van der Waals surface area contributed by atoms with Gasteiger partial charge in [0.05, 0.1) is 11.0 Å². The van der Waals surface area contributed by atoms with Gasteiger partial charge in [0.2, 0.25) is 0 Å². The molecule has 0 saturated heterocycles. The third-order valence-electron chi connectivity index (χ3n) is 5.02. The summed E-state index contributed by atoms with van der Waals surface area (Å²) in [6.45, 7) is 3.79. The highest BCUT2D eigenvalue weighted by Gasteiger charge is 2.24. The van der Waals surface area contributed by atoms with Gasteiger partial charge in [-0.3, -0.25) is 10.1 Å². The first-order valence-electron chi connectivity index (χ1n) is 9.56. The van der Waals surface area contributed by atoms with E-state index in [1.165, 1.54) is 12.1 Å². The lowest BCUT2D eigenvalue weighted by molar-refractivity contribution is -0.384. The largest absolute Gasteiger partial charge is 0.505 e. The molecule has 4 rings (SSSR count). The van der Waals surface area contributed by atoms with Gasteiger partial charge in [0.15, 0.2) is 0 Å². The molecule has 0 bridgehead atoms. The lowest BCUT2D eigenvalue weighted by atomic mass is 9.95. The minimum atomic E-state index is -0.628. The third-order valence-corrected chi connectivity index (χ3v) is 5.34. The molecule has 31 heavy (non-hydrogen) atoms. The summed E-state index contributed by atoms with van der Waals surface area (Å²) < 4.78 is 0. The second kappa shape index (κ2) is 8.20. The first-order valence-corrected chi connectivity index (χ1v) is 9.93. The van der Waals surface area contributed by atoms with Crippen molar-refractivity contribution in [3.05, 3.63) is 98.3 Å². The highest BCUT2D eigenvalue weighted by Crippen LogP contribution is 2.38. The number of aryl methyl sites for hydroxylation is 2. The zero-order chi connectivity index (χ0) is 22.1. The molecule has 0 saturated carbocycles. The quantitative estimate of drug-likeness (QED) is 0.308. The van der Waals surface area contributed by atoms with Gasteiger partial charge in [0, 0.05) is 28.9 Å². The molecule has 2 aromatic heterocycles. The number of hydrogen-bond donors (Lipinski definition) is 2. The molecule has 2 aromatic carbocycles. The van der Waals surface area contributed by atoms with Crippen LogP contribution >= 0.6 is 11.6 Å². The lowest BCUT2D eigenvalue weighted by Gasteiger charge is -2.22. The number of benzene rings is 2. The van der Waals surface area contributed by atoms with Crippen molar-refractivity contribution in [1.29, 1.82) is 0 Å². The Morgan fingerprint density at radius 1 is 1.10 bits per heavy atom. The number of nitrogens with one attached hydrogen (secondary N) is 1. The van der Waals surface area contributed by atoms with E-state index in [1.807, 2.05) is 44.2 Å². The smallest absolute Gasteiger partial charge is 0.288 e. The molecular weight excluding hydrogens is 416 g/mol. The van der Waals surface area contributed by atoms with Crippen LogP contribution in [-0.2, 0) is 0 Å². The first kappa shape index (κ1) is 20.6. The average molecular weight is 435 g/mol. The van der Waals surface area contributed by atoms with Crippen molar-refractivity contribution in [2.75, 3.05) is 5.32 Å². The molecule has 1 atom stereocenters. The number of nitro groups is 1. The maximum Gasteiger partial charge on any atom is 0.288 e. The van der Waals surface area contributed by atoms with Gasteiger partial charge >= 0.3 is 0 Å². The Balaban J connectivity index is 1.91. The molecule has 2 N–H and O–H groups in total. The number of anilines is 1. The number of nitro benzene ring substituents is 1. The van der Waals surface area contributed by atoms with Crippen LogP contribution in [-0.4, -0.2) is 20.0 Å². The Morgan fingerprint density at radius 2 is 1.87 bits per heavy atom. The van der Waals surface area contributed by atoms with Crippen LogP contribution in [0.2, 0.25) is 5.02 Å². The Labute approximate surface area is 183 Å². The topological polar surface area (TPSA) is 101 Å². The number of phenols is 1. The number of hydrogen-bond acceptors (Lipinski definition) is 6. The summed E-state index contributed by atoms with van der Waals surface area (Å²) in [6.07, 6.45) is 1.67. The van der Waals surface area contributed by atoms with E-state index >= 15 is 0 Å². The molecule has 0 radical (unpaired) electrons. The summed E-state index contributed by atoms with van der Waals surface area (Å²) in [5.41, 5.74) is 3.10. The van der Waals surface area contributed by atoms with Crippen molar-refractivity contribution >= 4 is 34.0 Å². The second-order valence-corrected chi connectivity index (χ2v) is 7.70. The standard InChI is InChI=1S/C23H19ClN4O3/c1-13-9-10-25-20(11-13)27-21(16-6-8-18(24)19(12-16)28(30)31)17-7-5-15-4-3-14(2)26-22(15)23(17)29/h3-12,21,29H,1-2H3,(H,25,27)/t21-/m0/s1. The van der Waals surface area contributed by atoms with Crippen molar-refractivity contribution in [1.82, 2.24) is 9.97 Å². The van der Waals surface area contributed by atoms with Gasteiger partial charge in [0.1, 0.15) is 22.1 Å². The normalized spacial score (nSPS) is 12.0. The van der Waals surface area contributed by atoms with Gasteiger partial charge in [-0.05, 0) is 49.2 Å². The monoisotopic (exact) mass is 434 g/mol. The van der Waals surface area contributed by atoms with E-state index in [0.717, 1.165) is 16.6 Å². The second-order valence-electron chi connectivity index (χ2n) is 7.29. The number of nitrogens with zero attached hydrogens (tertiary/aromatic N) is 3.